The zero-order valence-corrected chi connectivity index (χ0v) is 16.6. The van der Waals surface area contributed by atoms with Crippen LogP contribution in [-0.4, -0.2) is 32.5 Å². The largest absolute Gasteiger partial charge is 0.400 e. The molecule has 0 aromatic rings. The van der Waals surface area contributed by atoms with Crippen LogP contribution in [0, 0.1) is 11.8 Å². The fraction of sp³-hybridized carbons (Fsp3) is 1.00. The molecule has 2 fully saturated rings. The van der Waals surface area contributed by atoms with Crippen LogP contribution < -0.4 is 0 Å². The third kappa shape index (κ3) is 2.98. The third-order valence-electron chi connectivity index (χ3n) is 5.99. The zero-order valence-electron chi connectivity index (χ0n) is 15.6. The number of nitrogens with zero attached hydrogens (tertiary/aromatic N) is 1. The molecule has 0 unspecified atom stereocenters. The van der Waals surface area contributed by atoms with E-state index in [0.717, 1.165) is 5.92 Å². The summed E-state index contributed by atoms with van der Waals surface area (Å²) in [7, 11) is -1.83. The van der Waals surface area contributed by atoms with Crippen molar-refractivity contribution in [3.05, 3.63) is 0 Å². The van der Waals surface area contributed by atoms with Crippen LogP contribution in [0.1, 0.15) is 68.2 Å². The molecule has 2 rings (SSSR count). The number of hydrogen-bond donors (Lipinski definition) is 0. The standard InChI is InChI=1S/C18H37NOSi/c1-14(2)15-13-21(17(3,4)5,18(6,7)8)20-16(15)19-11-9-10-12-19/h14-16H,9-13H2,1-8H3/t15-,16+/m0/s1. The lowest BCUT2D eigenvalue weighted by molar-refractivity contribution is 0.00135. The minimum atomic E-state index is -1.83. The first-order chi connectivity index (χ1) is 9.49. The molecule has 3 heteroatoms. The highest BCUT2D eigenvalue weighted by Gasteiger charge is 2.62. The first-order valence-corrected chi connectivity index (χ1v) is 11.0. The highest BCUT2D eigenvalue weighted by molar-refractivity contribution is 6.80. The lowest BCUT2D eigenvalue weighted by atomic mass is 9.95. The minimum Gasteiger partial charge on any atom is -0.400 e. The molecule has 2 aliphatic heterocycles. The molecular formula is C18H37NOSi. The van der Waals surface area contributed by atoms with Crippen LogP contribution in [0.4, 0.5) is 0 Å². The molecule has 2 nitrogen and oxygen atoms in total. The Hall–Kier alpha value is 0.137. The van der Waals surface area contributed by atoms with Crippen LogP contribution in [0.3, 0.4) is 0 Å². The van der Waals surface area contributed by atoms with Gasteiger partial charge < -0.3 is 4.43 Å². The Bertz CT molecular complexity index is 346. The summed E-state index contributed by atoms with van der Waals surface area (Å²) in [6.07, 6.45) is 3.09. The Morgan fingerprint density at radius 3 is 1.81 bits per heavy atom. The molecule has 124 valence electrons. The Labute approximate surface area is 133 Å². The van der Waals surface area contributed by atoms with Gasteiger partial charge in [-0.05, 0) is 40.8 Å². The van der Waals surface area contributed by atoms with Gasteiger partial charge in [0.15, 0.2) is 0 Å². The van der Waals surface area contributed by atoms with E-state index >= 15 is 0 Å². The van der Waals surface area contributed by atoms with Crippen LogP contribution in [0.5, 0.6) is 0 Å². The van der Waals surface area contributed by atoms with Crippen LogP contribution in [0.15, 0.2) is 0 Å². The van der Waals surface area contributed by atoms with Gasteiger partial charge in [-0.1, -0.05) is 55.4 Å². The minimum absolute atomic E-state index is 0.298. The second-order valence-corrected chi connectivity index (χ2v) is 15.0. The van der Waals surface area contributed by atoms with Gasteiger partial charge in [0.05, 0.1) is 0 Å². The van der Waals surface area contributed by atoms with E-state index in [1.165, 1.54) is 32.0 Å². The Morgan fingerprint density at radius 1 is 0.952 bits per heavy atom. The van der Waals surface area contributed by atoms with Crippen molar-refractivity contribution in [3.8, 4) is 0 Å². The summed E-state index contributed by atoms with van der Waals surface area (Å²) in [5.41, 5.74) is 0. The summed E-state index contributed by atoms with van der Waals surface area (Å²) in [6, 6.07) is 1.33. The van der Waals surface area contributed by atoms with Crippen molar-refractivity contribution in [2.75, 3.05) is 13.1 Å². The van der Waals surface area contributed by atoms with Crippen molar-refractivity contribution in [1.82, 2.24) is 4.90 Å². The van der Waals surface area contributed by atoms with Gasteiger partial charge in [-0.25, -0.2) is 0 Å². The highest BCUT2D eigenvalue weighted by Crippen LogP contribution is 2.60. The van der Waals surface area contributed by atoms with Crippen LogP contribution in [0.25, 0.3) is 0 Å². The molecule has 21 heavy (non-hydrogen) atoms. The van der Waals surface area contributed by atoms with Gasteiger partial charge >= 0.3 is 0 Å². The van der Waals surface area contributed by atoms with Gasteiger partial charge in [-0.2, -0.15) is 0 Å². The molecule has 0 spiro atoms. The van der Waals surface area contributed by atoms with Gasteiger partial charge in [-0.15, -0.1) is 0 Å². The monoisotopic (exact) mass is 311 g/mol. The molecule has 0 aromatic carbocycles. The van der Waals surface area contributed by atoms with E-state index in [0.29, 0.717) is 22.2 Å². The van der Waals surface area contributed by atoms with E-state index in [1.54, 1.807) is 0 Å². The van der Waals surface area contributed by atoms with Crippen molar-refractivity contribution in [1.29, 1.82) is 0 Å². The molecule has 2 atom stereocenters. The van der Waals surface area contributed by atoms with E-state index < -0.39 is 8.32 Å². The number of rotatable bonds is 2. The van der Waals surface area contributed by atoms with Gasteiger partial charge in [0.25, 0.3) is 0 Å². The molecule has 0 bridgehead atoms. The molecule has 0 saturated carbocycles. The highest BCUT2D eigenvalue weighted by atomic mass is 28.4. The Balaban J connectivity index is 2.37. The second-order valence-electron chi connectivity index (χ2n) is 9.69. The van der Waals surface area contributed by atoms with E-state index in [2.05, 4.69) is 60.3 Å². The molecule has 2 aliphatic rings. The van der Waals surface area contributed by atoms with Crippen molar-refractivity contribution < 1.29 is 4.43 Å². The first kappa shape index (κ1) is 17.5. The van der Waals surface area contributed by atoms with Crippen molar-refractivity contribution in [3.63, 3.8) is 0 Å². The summed E-state index contributed by atoms with van der Waals surface area (Å²) in [5, 5.41) is 0.597. The average molecular weight is 312 g/mol. The lowest BCUT2D eigenvalue weighted by Crippen LogP contribution is -2.53. The van der Waals surface area contributed by atoms with E-state index in [9.17, 15) is 0 Å². The van der Waals surface area contributed by atoms with Crippen molar-refractivity contribution in [2.45, 2.75) is 90.6 Å². The van der Waals surface area contributed by atoms with E-state index in [1.807, 2.05) is 0 Å². The van der Waals surface area contributed by atoms with Gasteiger partial charge in [-0.3, -0.25) is 4.90 Å². The zero-order chi connectivity index (χ0) is 16.1. The van der Waals surface area contributed by atoms with Crippen LogP contribution in [0.2, 0.25) is 16.1 Å². The molecular weight excluding hydrogens is 274 g/mol. The molecule has 0 N–H and O–H groups in total. The molecule has 0 aliphatic carbocycles. The first-order valence-electron chi connectivity index (χ1n) is 8.91. The summed E-state index contributed by atoms with van der Waals surface area (Å²) in [5.74, 6) is 1.43. The fourth-order valence-corrected chi connectivity index (χ4v) is 11.1. The lowest BCUT2D eigenvalue weighted by Gasteiger charge is -2.48. The Kier molecular flexibility index (Phi) is 4.70. The van der Waals surface area contributed by atoms with Gasteiger partial charge in [0, 0.05) is 13.1 Å². The van der Waals surface area contributed by atoms with E-state index in [4.69, 9.17) is 4.43 Å². The molecule has 2 saturated heterocycles. The Morgan fingerprint density at radius 2 is 1.43 bits per heavy atom. The molecule has 0 aromatic heterocycles. The summed E-state index contributed by atoms with van der Waals surface area (Å²) >= 11 is 0. The predicted molar refractivity (Wildman–Crippen MR) is 94.0 cm³/mol. The van der Waals surface area contributed by atoms with Gasteiger partial charge in [0.2, 0.25) is 8.32 Å². The molecule has 0 amide bonds. The average Bonchev–Trinajstić information content (AvgIpc) is 2.94. The third-order valence-corrected chi connectivity index (χ3v) is 12.5. The van der Waals surface area contributed by atoms with Crippen LogP contribution in [-0.2, 0) is 4.43 Å². The maximum absolute atomic E-state index is 7.10. The summed E-state index contributed by atoms with van der Waals surface area (Å²) < 4.78 is 7.10. The number of likely N-dealkylation sites (tertiary alicyclic amines) is 1. The molecule has 0 radical (unpaired) electrons. The van der Waals surface area contributed by atoms with Crippen molar-refractivity contribution in [2.24, 2.45) is 11.8 Å². The second kappa shape index (κ2) is 5.65. The fourth-order valence-electron chi connectivity index (χ4n) is 4.77. The topological polar surface area (TPSA) is 12.5 Å². The predicted octanol–water partition coefficient (Wildman–Crippen LogP) is 5.26. The normalized spacial score (nSPS) is 31.3. The summed E-state index contributed by atoms with van der Waals surface area (Å²) in [6.45, 7) is 21.8. The van der Waals surface area contributed by atoms with Gasteiger partial charge in [0.1, 0.15) is 6.23 Å². The van der Waals surface area contributed by atoms with E-state index in [-0.39, 0.29) is 0 Å². The maximum atomic E-state index is 7.10. The SMILES string of the molecule is CC(C)[C@@H]1C[Si](C(C)(C)C)(C(C)(C)C)O[C@H]1N1CCCC1. The smallest absolute Gasteiger partial charge is 0.205 e. The quantitative estimate of drug-likeness (QED) is 0.645. The maximum Gasteiger partial charge on any atom is 0.205 e. The summed E-state index contributed by atoms with van der Waals surface area (Å²) in [4.78, 5) is 2.65. The van der Waals surface area contributed by atoms with Crippen molar-refractivity contribution >= 4 is 8.32 Å². The number of hydrogen-bond acceptors (Lipinski definition) is 2. The molecule has 2 heterocycles. The van der Waals surface area contributed by atoms with Crippen LogP contribution >= 0.6 is 0 Å².